The zero-order chi connectivity index (χ0) is 25.2. The molecule has 2 aliphatic heterocycles. The van der Waals surface area contributed by atoms with E-state index in [1.165, 1.54) is 26.5 Å². The van der Waals surface area contributed by atoms with E-state index in [0.29, 0.717) is 29.3 Å². The number of hydrogen-bond donors (Lipinski definition) is 1. The minimum Gasteiger partial charge on any atom is -0.379 e. The molecule has 35 heavy (non-hydrogen) atoms. The molecule has 0 saturated carbocycles. The second-order valence-electron chi connectivity index (χ2n) is 9.77. The minimum absolute atomic E-state index is 0.0385. The maximum Gasteiger partial charge on any atom is 0.263 e. The summed E-state index contributed by atoms with van der Waals surface area (Å²) in [7, 11) is -3.86. The molecule has 4 heterocycles. The largest absolute Gasteiger partial charge is 0.379 e. The number of nitrogens with one attached hydrogen (secondary N) is 1. The molecule has 1 amide bonds. The summed E-state index contributed by atoms with van der Waals surface area (Å²) in [6.45, 7) is 11.1. The van der Waals surface area contributed by atoms with Crippen molar-refractivity contribution in [2.24, 2.45) is 11.8 Å². The standard InChI is InChI=1S/C23H35N5O5S2/c1-16-11-17(2)13-28(12-16)35(31,32)21-18(3)34-22-20(21)23(30)27(15-25-22)14-19(29)24-5-4-6-26-7-9-33-10-8-26/h15-17H,4-14H2,1-3H3,(H,24,29)/t16-,17-/m0/s1. The quantitative estimate of drug-likeness (QED) is 0.517. The van der Waals surface area contributed by atoms with Gasteiger partial charge in [-0.1, -0.05) is 13.8 Å². The van der Waals surface area contributed by atoms with E-state index in [1.807, 2.05) is 13.8 Å². The number of piperidine rings is 1. The Kier molecular flexibility index (Phi) is 8.26. The lowest BCUT2D eigenvalue weighted by atomic mass is 9.94. The van der Waals surface area contributed by atoms with E-state index >= 15 is 0 Å². The highest BCUT2D eigenvalue weighted by Gasteiger charge is 2.35. The van der Waals surface area contributed by atoms with Crippen molar-refractivity contribution in [2.75, 3.05) is 52.5 Å². The van der Waals surface area contributed by atoms with Crippen LogP contribution in [0.3, 0.4) is 0 Å². The molecule has 10 nitrogen and oxygen atoms in total. The van der Waals surface area contributed by atoms with E-state index in [4.69, 9.17) is 4.74 Å². The van der Waals surface area contributed by atoms with E-state index in [0.717, 1.165) is 45.7 Å². The number of nitrogens with zero attached hydrogens (tertiary/aromatic N) is 4. The smallest absolute Gasteiger partial charge is 0.263 e. The first kappa shape index (κ1) is 26.2. The summed E-state index contributed by atoms with van der Waals surface area (Å²) < 4.78 is 35.3. The Morgan fingerprint density at radius 3 is 2.60 bits per heavy atom. The highest BCUT2D eigenvalue weighted by Crippen LogP contribution is 2.35. The van der Waals surface area contributed by atoms with Gasteiger partial charge in [-0.2, -0.15) is 4.31 Å². The Labute approximate surface area is 210 Å². The predicted octanol–water partition coefficient (Wildman–Crippen LogP) is 1.27. The Morgan fingerprint density at radius 1 is 1.23 bits per heavy atom. The molecule has 0 radical (unpaired) electrons. The summed E-state index contributed by atoms with van der Waals surface area (Å²) in [4.78, 5) is 33.4. The molecule has 12 heteroatoms. The average molecular weight is 526 g/mol. The number of amides is 1. The number of carbonyl (C=O) groups is 1. The third-order valence-corrected chi connectivity index (χ3v) is 9.77. The van der Waals surface area contributed by atoms with E-state index in [9.17, 15) is 18.0 Å². The number of aromatic nitrogens is 2. The van der Waals surface area contributed by atoms with Crippen LogP contribution in [0.4, 0.5) is 0 Å². The predicted molar refractivity (Wildman–Crippen MR) is 135 cm³/mol. The molecule has 0 unspecified atom stereocenters. The van der Waals surface area contributed by atoms with Crippen LogP contribution in [0.5, 0.6) is 0 Å². The summed E-state index contributed by atoms with van der Waals surface area (Å²) in [6.07, 6.45) is 3.11. The summed E-state index contributed by atoms with van der Waals surface area (Å²) in [6, 6.07) is 0. The SMILES string of the molecule is Cc1sc2ncn(CC(=O)NCCCN3CCOCC3)c(=O)c2c1S(=O)(=O)N1C[C@@H](C)C[C@H](C)C1. The lowest BCUT2D eigenvalue weighted by Gasteiger charge is -2.34. The van der Waals surface area contributed by atoms with Crippen molar-refractivity contribution in [1.82, 2.24) is 24.1 Å². The maximum atomic E-state index is 13.6. The molecule has 0 spiro atoms. The van der Waals surface area contributed by atoms with Gasteiger partial charge in [-0.25, -0.2) is 13.4 Å². The van der Waals surface area contributed by atoms with Crippen LogP contribution in [0.25, 0.3) is 10.2 Å². The number of aryl methyl sites for hydroxylation is 1. The van der Waals surface area contributed by atoms with Gasteiger partial charge in [0.15, 0.2) is 0 Å². The fourth-order valence-corrected chi connectivity index (χ4v) is 8.38. The fourth-order valence-electron chi connectivity index (χ4n) is 5.03. The van der Waals surface area contributed by atoms with Crippen molar-refractivity contribution in [3.63, 3.8) is 0 Å². The molecule has 2 aromatic heterocycles. The van der Waals surface area contributed by atoms with E-state index in [1.54, 1.807) is 6.92 Å². The van der Waals surface area contributed by atoms with Gasteiger partial charge in [0, 0.05) is 37.6 Å². The zero-order valence-corrected chi connectivity index (χ0v) is 22.3. The topological polar surface area (TPSA) is 114 Å². The van der Waals surface area contributed by atoms with Crippen LogP contribution in [-0.2, 0) is 26.1 Å². The molecule has 1 N–H and O–H groups in total. The van der Waals surface area contributed by atoms with Gasteiger partial charge in [0.1, 0.15) is 16.3 Å². The molecule has 2 aliphatic rings. The Balaban J connectivity index is 1.49. The highest BCUT2D eigenvalue weighted by molar-refractivity contribution is 7.89. The van der Waals surface area contributed by atoms with Gasteiger partial charge in [-0.3, -0.25) is 19.1 Å². The van der Waals surface area contributed by atoms with Crippen molar-refractivity contribution >= 4 is 37.5 Å². The minimum atomic E-state index is -3.86. The summed E-state index contributed by atoms with van der Waals surface area (Å²) in [5, 5.41) is 2.93. The molecule has 2 atom stereocenters. The number of hydrogen-bond acceptors (Lipinski definition) is 8. The molecular weight excluding hydrogens is 490 g/mol. The number of fused-ring (bicyclic) bond motifs is 1. The third kappa shape index (κ3) is 5.93. The van der Waals surface area contributed by atoms with Crippen LogP contribution in [0, 0.1) is 18.8 Å². The van der Waals surface area contributed by atoms with Crippen LogP contribution in [0.1, 0.15) is 31.6 Å². The molecule has 2 saturated heterocycles. The Bertz CT molecular complexity index is 1210. The Hall–Kier alpha value is -1.86. The van der Waals surface area contributed by atoms with Gasteiger partial charge < -0.3 is 10.1 Å². The highest BCUT2D eigenvalue weighted by atomic mass is 32.2. The monoisotopic (exact) mass is 525 g/mol. The van der Waals surface area contributed by atoms with Gasteiger partial charge in [0.25, 0.3) is 5.56 Å². The molecule has 0 aliphatic carbocycles. The number of rotatable bonds is 8. The lowest BCUT2D eigenvalue weighted by molar-refractivity contribution is -0.121. The van der Waals surface area contributed by atoms with Gasteiger partial charge in [0.05, 0.1) is 24.9 Å². The fraction of sp³-hybridized carbons (Fsp3) is 0.696. The van der Waals surface area contributed by atoms with Gasteiger partial charge in [0.2, 0.25) is 15.9 Å². The summed E-state index contributed by atoms with van der Waals surface area (Å²) in [5.74, 6) is 0.200. The first-order chi connectivity index (χ1) is 16.7. The van der Waals surface area contributed by atoms with Gasteiger partial charge in [-0.05, 0) is 38.1 Å². The summed E-state index contributed by atoms with van der Waals surface area (Å²) >= 11 is 1.20. The van der Waals surface area contributed by atoms with Crippen molar-refractivity contribution in [1.29, 1.82) is 0 Å². The average Bonchev–Trinajstić information content (AvgIpc) is 3.16. The number of carbonyl (C=O) groups excluding carboxylic acids is 1. The molecular formula is C23H35N5O5S2. The summed E-state index contributed by atoms with van der Waals surface area (Å²) in [5.41, 5.74) is -0.500. The second kappa shape index (κ2) is 11.0. The Morgan fingerprint density at radius 2 is 1.91 bits per heavy atom. The second-order valence-corrected chi connectivity index (χ2v) is 12.8. The first-order valence-electron chi connectivity index (χ1n) is 12.2. The zero-order valence-electron chi connectivity index (χ0n) is 20.7. The van der Waals surface area contributed by atoms with Crippen molar-refractivity contribution in [3.05, 3.63) is 21.6 Å². The van der Waals surface area contributed by atoms with Crippen LogP contribution in [0.15, 0.2) is 16.0 Å². The van der Waals surface area contributed by atoms with E-state index in [2.05, 4.69) is 15.2 Å². The van der Waals surface area contributed by atoms with Gasteiger partial charge in [-0.15, -0.1) is 11.3 Å². The van der Waals surface area contributed by atoms with Crippen LogP contribution in [-0.4, -0.2) is 85.6 Å². The molecule has 0 bridgehead atoms. The van der Waals surface area contributed by atoms with Gasteiger partial charge >= 0.3 is 0 Å². The lowest BCUT2D eigenvalue weighted by Crippen LogP contribution is -2.43. The molecule has 194 valence electrons. The number of ether oxygens (including phenoxy) is 1. The van der Waals surface area contributed by atoms with Crippen LogP contribution >= 0.6 is 11.3 Å². The molecule has 2 aromatic rings. The number of thiophene rings is 1. The normalized spacial score (nSPS) is 22.5. The third-order valence-electron chi connectivity index (χ3n) is 6.62. The maximum absolute atomic E-state index is 13.6. The number of morpholine rings is 1. The molecule has 4 rings (SSSR count). The van der Waals surface area contributed by atoms with E-state index < -0.39 is 15.6 Å². The number of sulfonamides is 1. The van der Waals surface area contributed by atoms with Crippen molar-refractivity contribution in [3.8, 4) is 0 Å². The van der Waals surface area contributed by atoms with Crippen LogP contribution in [0.2, 0.25) is 0 Å². The first-order valence-corrected chi connectivity index (χ1v) is 14.5. The van der Waals surface area contributed by atoms with E-state index in [-0.39, 0.29) is 34.6 Å². The van der Waals surface area contributed by atoms with Crippen molar-refractivity contribution in [2.45, 2.75) is 45.1 Å². The molecule has 0 aromatic carbocycles. The van der Waals surface area contributed by atoms with Crippen molar-refractivity contribution < 1.29 is 17.9 Å². The van der Waals surface area contributed by atoms with Crippen LogP contribution < -0.4 is 10.9 Å². The molecule has 2 fully saturated rings.